The zero-order chi connectivity index (χ0) is 17.4. The molecule has 1 saturated carbocycles. The molecule has 1 aromatic heterocycles. The first-order chi connectivity index (χ1) is 12.0. The monoisotopic (exact) mass is 346 g/mol. The Hall–Kier alpha value is -0.910. The fourth-order valence-electron chi connectivity index (χ4n) is 4.96. The fourth-order valence-corrected chi connectivity index (χ4v) is 4.96. The van der Waals surface area contributed by atoms with Gasteiger partial charge in [0.05, 0.1) is 18.0 Å². The second-order valence-electron chi connectivity index (χ2n) is 8.91. The van der Waals surface area contributed by atoms with E-state index < -0.39 is 0 Å². The molecule has 25 heavy (non-hydrogen) atoms. The Balaban J connectivity index is 1.32. The van der Waals surface area contributed by atoms with Gasteiger partial charge in [0.15, 0.2) is 0 Å². The molecule has 3 heterocycles. The Labute approximate surface area is 152 Å². The van der Waals surface area contributed by atoms with E-state index in [-0.39, 0.29) is 0 Å². The number of aryl methyl sites for hydroxylation is 2. The van der Waals surface area contributed by atoms with Gasteiger partial charge in [-0.25, -0.2) is 0 Å². The predicted octanol–water partition coefficient (Wildman–Crippen LogP) is 2.30. The number of hydrogen-bond donors (Lipinski definition) is 0. The maximum atomic E-state index is 6.11. The molecule has 140 valence electrons. The van der Waals surface area contributed by atoms with Crippen LogP contribution in [-0.4, -0.2) is 66.0 Å². The molecule has 4 rings (SSSR count). The average Bonchev–Trinajstić information content (AvgIpc) is 3.27. The van der Waals surface area contributed by atoms with Crippen molar-refractivity contribution in [1.29, 1.82) is 0 Å². The molecular formula is C20H34N4O. The summed E-state index contributed by atoms with van der Waals surface area (Å²) in [5, 5.41) is 4.49. The number of nitrogens with zero attached hydrogens (tertiary/aromatic N) is 4. The van der Waals surface area contributed by atoms with Crippen LogP contribution >= 0.6 is 0 Å². The maximum Gasteiger partial charge on any atom is 0.0597 e. The van der Waals surface area contributed by atoms with Crippen molar-refractivity contribution in [3.05, 3.63) is 17.5 Å². The summed E-state index contributed by atoms with van der Waals surface area (Å²) in [6.07, 6.45) is 5.40. The van der Waals surface area contributed by atoms with Gasteiger partial charge < -0.3 is 9.64 Å². The van der Waals surface area contributed by atoms with Gasteiger partial charge in [0.25, 0.3) is 0 Å². The van der Waals surface area contributed by atoms with Crippen LogP contribution in [0.15, 0.2) is 6.07 Å². The van der Waals surface area contributed by atoms with Gasteiger partial charge >= 0.3 is 0 Å². The Bertz CT molecular complexity index is 587. The van der Waals surface area contributed by atoms with E-state index in [9.17, 15) is 0 Å². The molecule has 1 aromatic rings. The number of hydrogen-bond acceptors (Lipinski definition) is 4. The highest BCUT2D eigenvalue weighted by Gasteiger charge is 2.47. The van der Waals surface area contributed by atoms with Gasteiger partial charge in [-0.1, -0.05) is 0 Å². The Morgan fingerprint density at radius 1 is 1.20 bits per heavy atom. The van der Waals surface area contributed by atoms with Crippen LogP contribution in [0.2, 0.25) is 0 Å². The third kappa shape index (κ3) is 3.93. The minimum Gasteiger partial charge on any atom is -0.381 e. The molecule has 0 aromatic carbocycles. The lowest BCUT2D eigenvalue weighted by atomic mass is 9.71. The van der Waals surface area contributed by atoms with Crippen LogP contribution in [0.4, 0.5) is 0 Å². The molecule has 3 fully saturated rings. The van der Waals surface area contributed by atoms with Crippen LogP contribution in [0.25, 0.3) is 0 Å². The smallest absolute Gasteiger partial charge is 0.0597 e. The van der Waals surface area contributed by atoms with Crippen molar-refractivity contribution in [2.75, 3.05) is 46.4 Å². The lowest BCUT2D eigenvalue weighted by Gasteiger charge is -2.42. The van der Waals surface area contributed by atoms with Gasteiger partial charge in [-0.2, -0.15) is 5.10 Å². The first-order valence-corrected chi connectivity index (χ1v) is 10.0. The van der Waals surface area contributed by atoms with E-state index in [4.69, 9.17) is 4.74 Å². The standard InChI is InChI=1S/C20H34N4O/c1-16-10-19(23(3)21-16)12-24-8-6-20(7-9-24)15-22(2)11-18(20)14-25-13-17-4-5-17/h10,17-18H,4-9,11-15H2,1-3H3/t18-/m0/s1. The first kappa shape index (κ1) is 17.5. The molecular weight excluding hydrogens is 312 g/mol. The van der Waals surface area contributed by atoms with E-state index in [2.05, 4.69) is 42.0 Å². The van der Waals surface area contributed by atoms with E-state index in [0.29, 0.717) is 5.41 Å². The van der Waals surface area contributed by atoms with Crippen molar-refractivity contribution in [3.63, 3.8) is 0 Å². The normalized spacial score (nSPS) is 27.4. The number of likely N-dealkylation sites (tertiary alicyclic amines) is 2. The van der Waals surface area contributed by atoms with Crippen molar-refractivity contribution in [2.24, 2.45) is 24.3 Å². The Kier molecular flexibility index (Phi) is 4.91. The van der Waals surface area contributed by atoms with Crippen LogP contribution in [0.3, 0.4) is 0 Å². The molecule has 3 aliphatic rings. The summed E-state index contributed by atoms with van der Waals surface area (Å²) in [6, 6.07) is 2.22. The molecule has 1 atom stereocenters. The van der Waals surface area contributed by atoms with Gasteiger partial charge in [-0.05, 0) is 70.1 Å². The molecule has 5 nitrogen and oxygen atoms in total. The van der Waals surface area contributed by atoms with Crippen LogP contribution in [0.1, 0.15) is 37.1 Å². The highest BCUT2D eigenvalue weighted by Crippen LogP contribution is 2.44. The lowest BCUT2D eigenvalue weighted by Crippen LogP contribution is -2.45. The summed E-state index contributed by atoms with van der Waals surface area (Å²) in [7, 11) is 4.35. The van der Waals surface area contributed by atoms with Crippen LogP contribution in [0.5, 0.6) is 0 Å². The van der Waals surface area contributed by atoms with Crippen LogP contribution in [0, 0.1) is 24.2 Å². The molecule has 0 unspecified atom stereocenters. The highest BCUT2D eigenvalue weighted by molar-refractivity contribution is 5.09. The fraction of sp³-hybridized carbons (Fsp3) is 0.850. The second-order valence-corrected chi connectivity index (χ2v) is 8.91. The first-order valence-electron chi connectivity index (χ1n) is 10.0. The van der Waals surface area contributed by atoms with Crippen molar-refractivity contribution in [1.82, 2.24) is 19.6 Å². The minimum absolute atomic E-state index is 0.483. The summed E-state index contributed by atoms with van der Waals surface area (Å²) in [5.41, 5.74) is 2.94. The SMILES string of the molecule is Cc1cc(CN2CCC3(CC2)CN(C)C[C@H]3COCC2CC2)n(C)n1. The van der Waals surface area contributed by atoms with Gasteiger partial charge in [0.1, 0.15) is 0 Å². The summed E-state index contributed by atoms with van der Waals surface area (Å²) < 4.78 is 8.15. The van der Waals surface area contributed by atoms with E-state index >= 15 is 0 Å². The Morgan fingerprint density at radius 2 is 1.96 bits per heavy atom. The quantitative estimate of drug-likeness (QED) is 0.791. The minimum atomic E-state index is 0.483. The van der Waals surface area contributed by atoms with Crippen molar-refractivity contribution < 1.29 is 4.74 Å². The highest BCUT2D eigenvalue weighted by atomic mass is 16.5. The van der Waals surface area contributed by atoms with Crippen LogP contribution < -0.4 is 0 Å². The molecule has 2 saturated heterocycles. The maximum absolute atomic E-state index is 6.11. The predicted molar refractivity (Wildman–Crippen MR) is 99.4 cm³/mol. The lowest BCUT2D eigenvalue weighted by molar-refractivity contribution is 0.0163. The number of piperidine rings is 1. The van der Waals surface area contributed by atoms with Crippen LogP contribution in [-0.2, 0) is 18.3 Å². The molecule has 1 aliphatic carbocycles. The molecule has 2 aliphatic heterocycles. The number of ether oxygens (including phenoxy) is 1. The summed E-state index contributed by atoms with van der Waals surface area (Å²) in [6.45, 7) is 9.97. The van der Waals surface area contributed by atoms with E-state index in [1.165, 1.54) is 57.6 Å². The molecule has 0 N–H and O–H groups in total. The van der Waals surface area contributed by atoms with Gasteiger partial charge in [-0.15, -0.1) is 0 Å². The molecule has 0 amide bonds. The van der Waals surface area contributed by atoms with Crippen molar-refractivity contribution >= 4 is 0 Å². The van der Waals surface area contributed by atoms with Gasteiger partial charge in [-0.3, -0.25) is 9.58 Å². The summed E-state index contributed by atoms with van der Waals surface area (Å²) >= 11 is 0. The largest absolute Gasteiger partial charge is 0.381 e. The van der Waals surface area contributed by atoms with Gasteiger partial charge in [0.2, 0.25) is 0 Å². The molecule has 5 heteroatoms. The van der Waals surface area contributed by atoms with Gasteiger partial charge in [0, 0.05) is 39.2 Å². The molecule has 0 radical (unpaired) electrons. The van der Waals surface area contributed by atoms with E-state index in [0.717, 1.165) is 37.3 Å². The van der Waals surface area contributed by atoms with E-state index in [1.54, 1.807) is 0 Å². The molecule has 1 spiro atoms. The topological polar surface area (TPSA) is 33.5 Å². The summed E-state index contributed by atoms with van der Waals surface area (Å²) in [5.74, 6) is 1.59. The average molecular weight is 347 g/mol. The number of aromatic nitrogens is 2. The van der Waals surface area contributed by atoms with E-state index in [1.807, 2.05) is 4.68 Å². The molecule has 0 bridgehead atoms. The zero-order valence-corrected chi connectivity index (χ0v) is 16.2. The summed E-state index contributed by atoms with van der Waals surface area (Å²) in [4.78, 5) is 5.15. The second kappa shape index (κ2) is 7.01. The third-order valence-electron chi connectivity index (χ3n) is 6.69. The zero-order valence-electron chi connectivity index (χ0n) is 16.2. The Morgan fingerprint density at radius 3 is 2.60 bits per heavy atom. The van der Waals surface area contributed by atoms with Crippen molar-refractivity contribution in [2.45, 2.75) is 39.2 Å². The number of rotatable bonds is 6. The third-order valence-corrected chi connectivity index (χ3v) is 6.69. The van der Waals surface area contributed by atoms with Crippen molar-refractivity contribution in [3.8, 4) is 0 Å².